The lowest BCUT2D eigenvalue weighted by atomic mass is 10.1. The number of carbonyl (C=O) groups excluding carboxylic acids is 1. The highest BCUT2D eigenvalue weighted by atomic mass is 35.5. The zero-order chi connectivity index (χ0) is 16.4. The van der Waals surface area contributed by atoms with Crippen LogP contribution in [-0.4, -0.2) is 11.0 Å². The molecule has 0 radical (unpaired) electrons. The molecule has 7 heteroatoms. The summed E-state index contributed by atoms with van der Waals surface area (Å²) in [6.45, 7) is 0. The normalized spacial score (nSPS) is 12.3. The lowest BCUT2D eigenvalue weighted by Crippen LogP contribution is -2.34. The maximum Gasteiger partial charge on any atom is 0.258 e. The zero-order valence-corrected chi connectivity index (χ0v) is 14.4. The molecule has 1 aromatic heterocycles. The first-order valence-electron chi connectivity index (χ1n) is 7.01. The first kappa shape index (κ1) is 15.9. The summed E-state index contributed by atoms with van der Waals surface area (Å²) in [5.74, 6) is -0.379. The Morgan fingerprint density at radius 1 is 1.35 bits per heavy atom. The minimum Gasteiger partial charge on any atom is -0.323 e. The van der Waals surface area contributed by atoms with Crippen LogP contribution in [0.2, 0.25) is 5.02 Å². The Balaban J connectivity index is 1.72. The van der Waals surface area contributed by atoms with Gasteiger partial charge in [0.2, 0.25) is 0 Å². The predicted molar refractivity (Wildman–Crippen MR) is 96.2 cm³/mol. The number of amides is 1. The van der Waals surface area contributed by atoms with Crippen LogP contribution in [0.1, 0.15) is 32.8 Å². The number of halogens is 1. The number of thiophene rings is 1. The smallest absolute Gasteiger partial charge is 0.258 e. The molecule has 0 atom stereocenters. The highest BCUT2D eigenvalue weighted by Gasteiger charge is 2.23. The molecule has 1 aliphatic rings. The van der Waals surface area contributed by atoms with Gasteiger partial charge >= 0.3 is 0 Å². The zero-order valence-electron chi connectivity index (χ0n) is 12.0. The highest BCUT2D eigenvalue weighted by Crippen LogP contribution is 2.38. The van der Waals surface area contributed by atoms with Gasteiger partial charge in [0.15, 0.2) is 5.11 Å². The molecular weight excluding hydrogens is 350 g/mol. The van der Waals surface area contributed by atoms with Gasteiger partial charge in [-0.15, -0.1) is 11.3 Å². The molecule has 0 saturated heterocycles. The second kappa shape index (κ2) is 6.67. The Bertz CT molecular complexity index is 838. The predicted octanol–water partition coefficient (Wildman–Crippen LogP) is 3.89. The quantitative estimate of drug-likeness (QED) is 0.796. The van der Waals surface area contributed by atoms with Crippen molar-refractivity contribution in [3.63, 3.8) is 0 Å². The van der Waals surface area contributed by atoms with Crippen LogP contribution in [0.3, 0.4) is 0 Å². The van der Waals surface area contributed by atoms with Gasteiger partial charge in [-0.05, 0) is 49.2 Å². The van der Waals surface area contributed by atoms with Crippen LogP contribution in [0.15, 0.2) is 24.3 Å². The average Bonchev–Trinajstić information content (AvgIpc) is 3.07. The number of anilines is 1. The van der Waals surface area contributed by atoms with Crippen molar-refractivity contribution in [1.82, 2.24) is 5.32 Å². The van der Waals surface area contributed by atoms with E-state index in [2.05, 4.69) is 16.7 Å². The van der Waals surface area contributed by atoms with E-state index in [1.54, 1.807) is 24.3 Å². The van der Waals surface area contributed by atoms with Gasteiger partial charge in [0.05, 0.1) is 16.1 Å². The van der Waals surface area contributed by atoms with Crippen LogP contribution >= 0.6 is 35.2 Å². The lowest BCUT2D eigenvalue weighted by molar-refractivity contribution is 0.0978. The van der Waals surface area contributed by atoms with Gasteiger partial charge in [0.25, 0.3) is 5.91 Å². The SMILES string of the molecule is N#Cc1c(NC(=S)NC(=O)c2ccccc2Cl)sc2c1CCC2. The van der Waals surface area contributed by atoms with Crippen LogP contribution in [0, 0.1) is 11.3 Å². The summed E-state index contributed by atoms with van der Waals surface area (Å²) in [5, 5.41) is 16.1. The molecule has 2 N–H and O–H groups in total. The van der Waals surface area contributed by atoms with E-state index < -0.39 is 0 Å². The number of nitriles is 1. The molecule has 0 unspecified atom stereocenters. The van der Waals surface area contributed by atoms with Crippen molar-refractivity contribution < 1.29 is 4.79 Å². The van der Waals surface area contributed by atoms with Gasteiger partial charge in [-0.25, -0.2) is 0 Å². The van der Waals surface area contributed by atoms with Crippen molar-refractivity contribution in [2.75, 3.05) is 5.32 Å². The highest BCUT2D eigenvalue weighted by molar-refractivity contribution is 7.80. The van der Waals surface area contributed by atoms with Gasteiger partial charge in [-0.1, -0.05) is 23.7 Å². The Kier molecular flexibility index (Phi) is 4.62. The van der Waals surface area contributed by atoms with Gasteiger partial charge in [-0.2, -0.15) is 5.26 Å². The Labute approximate surface area is 148 Å². The molecule has 4 nitrogen and oxygen atoms in total. The molecule has 0 fully saturated rings. The number of hydrogen-bond donors (Lipinski definition) is 2. The molecule has 1 aliphatic carbocycles. The van der Waals surface area contributed by atoms with E-state index in [9.17, 15) is 10.1 Å². The van der Waals surface area contributed by atoms with Crippen LogP contribution in [0.25, 0.3) is 0 Å². The molecule has 1 heterocycles. The van der Waals surface area contributed by atoms with Crippen molar-refractivity contribution in [2.24, 2.45) is 0 Å². The van der Waals surface area contributed by atoms with E-state index in [4.69, 9.17) is 23.8 Å². The molecule has 0 spiro atoms. The van der Waals surface area contributed by atoms with E-state index in [-0.39, 0.29) is 11.0 Å². The van der Waals surface area contributed by atoms with Crippen molar-refractivity contribution in [2.45, 2.75) is 19.3 Å². The van der Waals surface area contributed by atoms with E-state index >= 15 is 0 Å². The molecule has 3 rings (SSSR count). The van der Waals surface area contributed by atoms with E-state index in [0.29, 0.717) is 21.2 Å². The summed E-state index contributed by atoms with van der Waals surface area (Å²) in [6, 6.07) is 8.98. The Morgan fingerprint density at radius 3 is 2.87 bits per heavy atom. The number of rotatable bonds is 2. The number of fused-ring (bicyclic) bond motifs is 1. The minimum absolute atomic E-state index is 0.159. The monoisotopic (exact) mass is 361 g/mol. The van der Waals surface area contributed by atoms with Crippen LogP contribution in [0.5, 0.6) is 0 Å². The summed E-state index contributed by atoms with van der Waals surface area (Å²) in [6.07, 6.45) is 3.01. The van der Waals surface area contributed by atoms with E-state index in [0.717, 1.165) is 24.8 Å². The molecule has 0 aliphatic heterocycles. The second-order valence-corrected chi connectivity index (χ2v) is 6.98. The molecule has 0 saturated carbocycles. The number of nitrogens with one attached hydrogen (secondary N) is 2. The van der Waals surface area contributed by atoms with E-state index in [1.807, 2.05) is 0 Å². The first-order valence-corrected chi connectivity index (χ1v) is 8.62. The summed E-state index contributed by atoms with van der Waals surface area (Å²) in [5.41, 5.74) is 2.10. The van der Waals surface area contributed by atoms with Crippen LogP contribution < -0.4 is 10.6 Å². The topological polar surface area (TPSA) is 64.9 Å². The third kappa shape index (κ3) is 3.22. The Hall–Kier alpha value is -1.94. The maximum absolute atomic E-state index is 12.2. The van der Waals surface area contributed by atoms with Gasteiger partial charge in [0, 0.05) is 4.88 Å². The number of aryl methyl sites for hydroxylation is 1. The average molecular weight is 362 g/mol. The number of nitrogens with zero attached hydrogens (tertiary/aromatic N) is 1. The summed E-state index contributed by atoms with van der Waals surface area (Å²) < 4.78 is 0. The Morgan fingerprint density at radius 2 is 2.13 bits per heavy atom. The second-order valence-electron chi connectivity index (χ2n) is 5.06. The van der Waals surface area contributed by atoms with Gasteiger partial charge < -0.3 is 5.32 Å². The van der Waals surface area contributed by atoms with Crippen molar-refractivity contribution in [3.8, 4) is 6.07 Å². The third-order valence-electron chi connectivity index (χ3n) is 3.61. The van der Waals surface area contributed by atoms with Crippen molar-refractivity contribution >= 4 is 51.2 Å². The number of carbonyl (C=O) groups is 1. The fraction of sp³-hybridized carbons (Fsp3) is 0.188. The molecule has 23 heavy (non-hydrogen) atoms. The number of hydrogen-bond acceptors (Lipinski definition) is 4. The molecule has 1 amide bonds. The van der Waals surface area contributed by atoms with Crippen LogP contribution in [-0.2, 0) is 12.8 Å². The third-order valence-corrected chi connectivity index (χ3v) is 5.35. The number of thiocarbonyl (C=S) groups is 1. The number of benzene rings is 1. The summed E-state index contributed by atoms with van der Waals surface area (Å²) >= 11 is 12.7. The largest absolute Gasteiger partial charge is 0.323 e. The van der Waals surface area contributed by atoms with Crippen molar-refractivity contribution in [3.05, 3.63) is 50.9 Å². The lowest BCUT2D eigenvalue weighted by Gasteiger charge is -2.09. The van der Waals surface area contributed by atoms with E-state index in [1.165, 1.54) is 16.2 Å². The maximum atomic E-state index is 12.2. The summed E-state index contributed by atoms with van der Waals surface area (Å²) in [4.78, 5) is 13.4. The fourth-order valence-electron chi connectivity index (χ4n) is 2.56. The molecule has 1 aromatic carbocycles. The first-order chi connectivity index (χ1) is 11.1. The fourth-order valence-corrected chi connectivity index (χ4v) is 4.29. The molecule has 0 bridgehead atoms. The summed E-state index contributed by atoms with van der Waals surface area (Å²) in [7, 11) is 0. The van der Waals surface area contributed by atoms with Gasteiger partial charge in [-0.3, -0.25) is 10.1 Å². The molecule has 2 aromatic rings. The minimum atomic E-state index is -0.379. The molecule has 116 valence electrons. The van der Waals surface area contributed by atoms with Crippen LogP contribution in [0.4, 0.5) is 5.00 Å². The molecular formula is C16H12ClN3OS2. The van der Waals surface area contributed by atoms with Crippen molar-refractivity contribution in [1.29, 1.82) is 5.26 Å². The standard InChI is InChI=1S/C16H12ClN3OS2/c17-12-6-2-1-4-10(12)14(21)19-16(22)20-15-11(8-18)9-5-3-7-13(9)23-15/h1-2,4,6H,3,5,7H2,(H2,19,20,21,22). The van der Waals surface area contributed by atoms with Gasteiger partial charge in [0.1, 0.15) is 11.1 Å².